The summed E-state index contributed by atoms with van der Waals surface area (Å²) in [7, 11) is 0. The summed E-state index contributed by atoms with van der Waals surface area (Å²) in [6, 6.07) is 6.28. The predicted octanol–water partition coefficient (Wildman–Crippen LogP) is 3.51. The summed E-state index contributed by atoms with van der Waals surface area (Å²) < 4.78 is 4.13. The van der Waals surface area contributed by atoms with Crippen LogP contribution >= 0.6 is 31.9 Å². The molecular weight excluding hydrogens is 358 g/mol. The molecule has 18 heavy (non-hydrogen) atoms. The van der Waals surface area contributed by atoms with Gasteiger partial charge in [0, 0.05) is 28.2 Å². The number of halogens is 2. The van der Waals surface area contributed by atoms with Gasteiger partial charge in [0.1, 0.15) is 0 Å². The van der Waals surface area contributed by atoms with Crippen LogP contribution in [0.2, 0.25) is 0 Å². The number of hydrogen-bond donors (Lipinski definition) is 1. The molecule has 5 heteroatoms. The molecule has 96 valence electrons. The smallest absolute Gasteiger partial charge is 0.0534 e. The summed E-state index contributed by atoms with van der Waals surface area (Å²) >= 11 is 6.97. The number of aromatic nitrogens is 2. The van der Waals surface area contributed by atoms with Crippen LogP contribution in [-0.2, 0) is 13.1 Å². The first-order valence-electron chi connectivity index (χ1n) is 5.79. The Morgan fingerprint density at radius 3 is 2.78 bits per heavy atom. The molecule has 0 saturated carbocycles. The highest BCUT2D eigenvalue weighted by atomic mass is 79.9. The molecular formula is C13H15Br2N3. The maximum Gasteiger partial charge on any atom is 0.0534 e. The normalized spacial score (nSPS) is 10.8. The summed E-state index contributed by atoms with van der Waals surface area (Å²) in [6.45, 7) is 4.72. The monoisotopic (exact) mass is 371 g/mol. The number of aryl methyl sites for hydroxylation is 1. The average Bonchev–Trinajstić information content (AvgIpc) is 2.75. The van der Waals surface area contributed by atoms with Gasteiger partial charge in [-0.05, 0) is 62.0 Å². The lowest BCUT2D eigenvalue weighted by Gasteiger charge is -2.06. The molecule has 0 radical (unpaired) electrons. The van der Waals surface area contributed by atoms with E-state index in [9.17, 15) is 0 Å². The van der Waals surface area contributed by atoms with Crippen LogP contribution in [-0.4, -0.2) is 16.3 Å². The third kappa shape index (κ3) is 3.93. The zero-order valence-corrected chi connectivity index (χ0v) is 13.3. The molecule has 1 heterocycles. The summed E-state index contributed by atoms with van der Waals surface area (Å²) in [6.07, 6.45) is 3.93. The van der Waals surface area contributed by atoms with E-state index in [0.29, 0.717) is 0 Å². The van der Waals surface area contributed by atoms with Crippen molar-refractivity contribution in [2.75, 3.05) is 6.54 Å². The third-order valence-corrected chi connectivity index (χ3v) is 4.47. The second-order valence-corrected chi connectivity index (χ2v) is 5.91. The molecule has 0 aliphatic rings. The minimum absolute atomic E-state index is 0.867. The Morgan fingerprint density at radius 1 is 1.28 bits per heavy atom. The fraction of sp³-hybridized carbons (Fsp3) is 0.308. The van der Waals surface area contributed by atoms with Crippen molar-refractivity contribution < 1.29 is 0 Å². The molecule has 1 aromatic heterocycles. The fourth-order valence-corrected chi connectivity index (χ4v) is 2.34. The van der Waals surface area contributed by atoms with Gasteiger partial charge >= 0.3 is 0 Å². The van der Waals surface area contributed by atoms with Gasteiger partial charge in [0.2, 0.25) is 0 Å². The molecule has 0 aliphatic carbocycles. The van der Waals surface area contributed by atoms with Gasteiger partial charge in [-0.15, -0.1) is 0 Å². The van der Waals surface area contributed by atoms with Crippen LogP contribution in [0, 0.1) is 6.92 Å². The van der Waals surface area contributed by atoms with Crippen LogP contribution in [0.25, 0.3) is 0 Å². The number of nitrogens with one attached hydrogen (secondary N) is 1. The van der Waals surface area contributed by atoms with E-state index in [1.807, 2.05) is 10.9 Å². The number of benzene rings is 1. The minimum atomic E-state index is 0.867. The van der Waals surface area contributed by atoms with Crippen molar-refractivity contribution in [3.63, 3.8) is 0 Å². The first kappa shape index (κ1) is 13.8. The number of nitrogens with zero attached hydrogens (tertiary/aromatic N) is 2. The highest BCUT2D eigenvalue weighted by Crippen LogP contribution is 2.23. The zero-order chi connectivity index (χ0) is 13.0. The molecule has 2 aromatic rings. The topological polar surface area (TPSA) is 29.9 Å². The Labute approximate surface area is 124 Å². The molecule has 0 aliphatic heterocycles. The summed E-state index contributed by atoms with van der Waals surface area (Å²) in [5.74, 6) is 0. The summed E-state index contributed by atoms with van der Waals surface area (Å²) in [5, 5.41) is 7.66. The van der Waals surface area contributed by atoms with Crippen LogP contribution in [0.4, 0.5) is 0 Å². The van der Waals surface area contributed by atoms with E-state index in [2.05, 4.69) is 73.6 Å². The summed E-state index contributed by atoms with van der Waals surface area (Å²) in [4.78, 5) is 0. The van der Waals surface area contributed by atoms with Crippen molar-refractivity contribution in [3.8, 4) is 0 Å². The van der Waals surface area contributed by atoms with Crippen molar-refractivity contribution in [3.05, 3.63) is 50.7 Å². The van der Waals surface area contributed by atoms with Gasteiger partial charge in [0.05, 0.1) is 12.7 Å². The maximum absolute atomic E-state index is 4.25. The molecule has 0 atom stereocenters. The number of rotatable bonds is 5. The molecule has 2 rings (SSSR count). The lowest BCUT2D eigenvalue weighted by Crippen LogP contribution is -2.19. The van der Waals surface area contributed by atoms with Crippen molar-refractivity contribution in [1.82, 2.24) is 15.1 Å². The summed E-state index contributed by atoms with van der Waals surface area (Å²) in [5.41, 5.74) is 2.47. The van der Waals surface area contributed by atoms with Gasteiger partial charge in [-0.3, -0.25) is 4.68 Å². The van der Waals surface area contributed by atoms with Crippen molar-refractivity contribution in [1.29, 1.82) is 0 Å². The molecule has 1 N–H and O–H groups in total. The van der Waals surface area contributed by atoms with Crippen LogP contribution in [0.15, 0.2) is 39.5 Å². The van der Waals surface area contributed by atoms with Crippen LogP contribution in [0.1, 0.15) is 11.1 Å². The van der Waals surface area contributed by atoms with Crippen LogP contribution < -0.4 is 5.32 Å². The third-order valence-electron chi connectivity index (χ3n) is 2.59. The molecule has 3 nitrogen and oxygen atoms in total. The Morgan fingerprint density at radius 2 is 2.11 bits per heavy atom. The highest BCUT2D eigenvalue weighted by molar-refractivity contribution is 9.13. The Balaban J connectivity index is 1.76. The quantitative estimate of drug-likeness (QED) is 0.814. The molecule has 0 saturated heterocycles. The second kappa shape index (κ2) is 6.50. The molecule has 0 unspecified atom stereocenters. The molecule has 0 fully saturated rings. The van der Waals surface area contributed by atoms with E-state index in [1.54, 1.807) is 0 Å². The van der Waals surface area contributed by atoms with Crippen LogP contribution in [0.3, 0.4) is 0 Å². The number of hydrogen-bond acceptors (Lipinski definition) is 2. The van der Waals surface area contributed by atoms with E-state index in [0.717, 1.165) is 28.6 Å². The van der Waals surface area contributed by atoms with Crippen LogP contribution in [0.5, 0.6) is 0 Å². The van der Waals surface area contributed by atoms with Gasteiger partial charge in [0.25, 0.3) is 0 Å². The predicted molar refractivity (Wildman–Crippen MR) is 80.5 cm³/mol. The van der Waals surface area contributed by atoms with E-state index in [1.165, 1.54) is 11.1 Å². The maximum atomic E-state index is 4.25. The van der Waals surface area contributed by atoms with Gasteiger partial charge in [-0.2, -0.15) is 5.10 Å². The van der Waals surface area contributed by atoms with E-state index >= 15 is 0 Å². The largest absolute Gasteiger partial charge is 0.311 e. The van der Waals surface area contributed by atoms with E-state index in [4.69, 9.17) is 0 Å². The Hall–Kier alpha value is -0.650. The highest BCUT2D eigenvalue weighted by Gasteiger charge is 1.99. The van der Waals surface area contributed by atoms with Gasteiger partial charge in [-0.1, -0.05) is 6.07 Å². The van der Waals surface area contributed by atoms with Gasteiger partial charge < -0.3 is 5.32 Å². The minimum Gasteiger partial charge on any atom is -0.311 e. The standard InChI is InChI=1S/C13H15Br2N3/c1-10-7-17-18(9-10)5-4-16-8-11-2-3-12(14)13(15)6-11/h2-3,6-7,9,16H,4-5,8H2,1H3. The molecule has 0 spiro atoms. The first-order valence-corrected chi connectivity index (χ1v) is 7.37. The lowest BCUT2D eigenvalue weighted by molar-refractivity contribution is 0.554. The van der Waals surface area contributed by atoms with Gasteiger partial charge in [-0.25, -0.2) is 0 Å². The zero-order valence-electron chi connectivity index (χ0n) is 10.2. The fourth-order valence-electron chi connectivity index (χ4n) is 1.67. The molecule has 1 aromatic carbocycles. The van der Waals surface area contributed by atoms with E-state index in [-0.39, 0.29) is 0 Å². The lowest BCUT2D eigenvalue weighted by atomic mass is 10.2. The Kier molecular flexibility index (Phi) is 4.97. The van der Waals surface area contributed by atoms with Gasteiger partial charge in [0.15, 0.2) is 0 Å². The molecule has 0 bridgehead atoms. The Bertz CT molecular complexity index is 523. The van der Waals surface area contributed by atoms with Crippen molar-refractivity contribution in [2.24, 2.45) is 0 Å². The second-order valence-electron chi connectivity index (χ2n) is 4.21. The van der Waals surface area contributed by atoms with Crippen molar-refractivity contribution in [2.45, 2.75) is 20.0 Å². The molecule has 0 amide bonds. The average molecular weight is 373 g/mol. The SMILES string of the molecule is Cc1cnn(CCNCc2ccc(Br)c(Br)c2)c1. The first-order chi connectivity index (χ1) is 8.65. The van der Waals surface area contributed by atoms with Crippen molar-refractivity contribution >= 4 is 31.9 Å². The van der Waals surface area contributed by atoms with E-state index < -0.39 is 0 Å².